The van der Waals surface area contributed by atoms with Gasteiger partial charge < -0.3 is 21.5 Å². The van der Waals surface area contributed by atoms with Crippen LogP contribution in [0.1, 0.15) is 53.8 Å². The molecule has 0 radical (unpaired) electrons. The highest BCUT2D eigenvalue weighted by molar-refractivity contribution is 7.18. The first-order valence-electron chi connectivity index (χ1n) is 7.08. The average Bonchev–Trinajstić information content (AvgIpc) is 3.11. The van der Waals surface area contributed by atoms with Gasteiger partial charge in [-0.2, -0.15) is 0 Å². The Balaban J connectivity index is 1.99. The van der Waals surface area contributed by atoms with E-state index < -0.39 is 11.5 Å². The van der Waals surface area contributed by atoms with Crippen molar-refractivity contribution in [3.8, 4) is 0 Å². The third-order valence-corrected chi connectivity index (χ3v) is 5.43. The Morgan fingerprint density at radius 1 is 1.50 bits per heavy atom. The summed E-state index contributed by atoms with van der Waals surface area (Å²) in [6, 6.07) is 0. The van der Waals surface area contributed by atoms with E-state index in [1.54, 1.807) is 0 Å². The van der Waals surface area contributed by atoms with Crippen LogP contribution >= 0.6 is 11.3 Å². The molecule has 5 nitrogen and oxygen atoms in total. The maximum atomic E-state index is 11.5. The lowest BCUT2D eigenvalue weighted by atomic mass is 9.95. The zero-order valence-corrected chi connectivity index (χ0v) is 12.5. The van der Waals surface area contributed by atoms with E-state index in [1.165, 1.54) is 11.3 Å². The fraction of sp³-hybridized carbons (Fsp3) is 0.643. The number of primary amides is 1. The number of aliphatic hydroxyl groups is 1. The lowest BCUT2D eigenvalue weighted by Gasteiger charge is -2.38. The fourth-order valence-electron chi connectivity index (χ4n) is 3.02. The lowest BCUT2D eigenvalue weighted by molar-refractivity contribution is 0.0451. The topological polar surface area (TPSA) is 92.6 Å². The quantitative estimate of drug-likeness (QED) is 0.790. The molecule has 1 saturated heterocycles. The molecular formula is C14H21N3O2S. The SMILES string of the molecule is CC1(O)CCCN(c2sc(C(N)=O)c(N)c2C2CC2)C1. The molecule has 3 rings (SSSR count). The zero-order chi connectivity index (χ0) is 14.5. The second kappa shape index (κ2) is 4.63. The number of hydrogen-bond donors (Lipinski definition) is 3. The van der Waals surface area contributed by atoms with Crippen LogP contribution in [0.4, 0.5) is 10.7 Å². The first-order valence-corrected chi connectivity index (χ1v) is 7.90. The molecule has 1 aromatic rings. The van der Waals surface area contributed by atoms with Gasteiger partial charge in [-0.05, 0) is 38.5 Å². The van der Waals surface area contributed by atoms with E-state index in [2.05, 4.69) is 4.90 Å². The Hall–Kier alpha value is -1.27. The summed E-state index contributed by atoms with van der Waals surface area (Å²) in [5, 5.41) is 11.3. The van der Waals surface area contributed by atoms with Crippen molar-refractivity contribution in [2.24, 2.45) is 5.73 Å². The van der Waals surface area contributed by atoms with Crippen LogP contribution in [0.15, 0.2) is 0 Å². The van der Waals surface area contributed by atoms with E-state index in [0.29, 0.717) is 23.0 Å². The van der Waals surface area contributed by atoms with Crippen molar-refractivity contribution in [3.05, 3.63) is 10.4 Å². The Morgan fingerprint density at radius 3 is 2.75 bits per heavy atom. The van der Waals surface area contributed by atoms with Crippen molar-refractivity contribution in [2.45, 2.75) is 44.1 Å². The van der Waals surface area contributed by atoms with Crippen molar-refractivity contribution in [2.75, 3.05) is 23.7 Å². The van der Waals surface area contributed by atoms with E-state index in [4.69, 9.17) is 11.5 Å². The van der Waals surface area contributed by atoms with Crippen molar-refractivity contribution >= 4 is 27.9 Å². The Bertz CT molecular complexity index is 549. The van der Waals surface area contributed by atoms with Crippen LogP contribution < -0.4 is 16.4 Å². The van der Waals surface area contributed by atoms with Gasteiger partial charge >= 0.3 is 0 Å². The number of hydrogen-bond acceptors (Lipinski definition) is 5. The van der Waals surface area contributed by atoms with Crippen LogP contribution in [0.3, 0.4) is 0 Å². The Morgan fingerprint density at radius 2 is 2.20 bits per heavy atom. The van der Waals surface area contributed by atoms with Gasteiger partial charge in [0, 0.05) is 18.7 Å². The molecule has 2 aliphatic rings. The van der Waals surface area contributed by atoms with Gasteiger partial charge in [0.2, 0.25) is 0 Å². The highest BCUT2D eigenvalue weighted by atomic mass is 32.1. The minimum atomic E-state index is -0.676. The zero-order valence-electron chi connectivity index (χ0n) is 11.7. The molecule has 110 valence electrons. The van der Waals surface area contributed by atoms with Gasteiger partial charge in [-0.3, -0.25) is 4.79 Å². The van der Waals surface area contributed by atoms with Gasteiger partial charge in [0.1, 0.15) is 4.88 Å². The molecular weight excluding hydrogens is 274 g/mol. The summed E-state index contributed by atoms with van der Waals surface area (Å²) in [5.74, 6) is 0.00523. The summed E-state index contributed by atoms with van der Waals surface area (Å²) in [6.07, 6.45) is 4.00. The Labute approximate surface area is 122 Å². The van der Waals surface area contributed by atoms with Gasteiger partial charge in [-0.1, -0.05) is 0 Å². The molecule has 5 N–H and O–H groups in total. The number of thiophene rings is 1. The summed E-state index contributed by atoms with van der Waals surface area (Å²) in [6.45, 7) is 3.35. The molecule has 6 heteroatoms. The van der Waals surface area contributed by atoms with E-state index in [0.717, 1.165) is 42.8 Å². The van der Waals surface area contributed by atoms with E-state index in [-0.39, 0.29) is 0 Å². The van der Waals surface area contributed by atoms with Crippen LogP contribution in [0.25, 0.3) is 0 Å². The molecule has 0 bridgehead atoms. The number of anilines is 2. The van der Waals surface area contributed by atoms with Crippen LogP contribution in [0.2, 0.25) is 0 Å². The van der Waals surface area contributed by atoms with Crippen molar-refractivity contribution in [1.29, 1.82) is 0 Å². The molecule has 1 aliphatic carbocycles. The molecule has 0 spiro atoms. The molecule has 2 heterocycles. The van der Waals surface area contributed by atoms with Gasteiger partial charge in [-0.15, -0.1) is 11.3 Å². The van der Waals surface area contributed by atoms with Gasteiger partial charge in [-0.25, -0.2) is 0 Å². The first-order chi connectivity index (χ1) is 9.39. The maximum absolute atomic E-state index is 11.5. The van der Waals surface area contributed by atoms with E-state index in [1.807, 2.05) is 6.92 Å². The number of amides is 1. The number of rotatable bonds is 3. The third kappa shape index (κ3) is 2.38. The number of nitrogens with zero attached hydrogens (tertiary/aromatic N) is 1. The van der Waals surface area contributed by atoms with E-state index in [9.17, 15) is 9.90 Å². The number of β-amino-alcohol motifs (C(OH)–C–C–N with tert-alkyl or cyclic N) is 1. The minimum absolute atomic E-state index is 0.454. The molecule has 1 aliphatic heterocycles. The number of nitrogen functional groups attached to an aromatic ring is 1. The summed E-state index contributed by atoms with van der Waals surface area (Å²) in [4.78, 5) is 14.2. The highest BCUT2D eigenvalue weighted by Crippen LogP contribution is 2.52. The third-order valence-electron chi connectivity index (χ3n) is 4.14. The number of piperidine rings is 1. The Kier molecular flexibility index (Phi) is 3.17. The molecule has 2 fully saturated rings. The number of carbonyl (C=O) groups excluding carboxylic acids is 1. The summed E-state index contributed by atoms with van der Waals surface area (Å²) in [7, 11) is 0. The molecule has 1 unspecified atom stereocenters. The van der Waals surface area contributed by atoms with Crippen LogP contribution in [0.5, 0.6) is 0 Å². The smallest absolute Gasteiger partial charge is 0.260 e. The van der Waals surface area contributed by atoms with E-state index >= 15 is 0 Å². The molecule has 1 amide bonds. The molecule has 1 aromatic heterocycles. The second-order valence-corrected chi connectivity index (χ2v) is 7.22. The van der Waals surface area contributed by atoms with Gasteiger partial charge in [0.25, 0.3) is 5.91 Å². The highest BCUT2D eigenvalue weighted by Gasteiger charge is 2.37. The summed E-state index contributed by atoms with van der Waals surface area (Å²) in [5.41, 5.74) is 12.5. The normalized spacial score (nSPS) is 26.8. The lowest BCUT2D eigenvalue weighted by Crippen LogP contribution is -2.46. The van der Waals surface area contributed by atoms with Crippen LogP contribution in [-0.2, 0) is 0 Å². The number of carbonyl (C=O) groups is 1. The molecule has 20 heavy (non-hydrogen) atoms. The van der Waals surface area contributed by atoms with Crippen molar-refractivity contribution < 1.29 is 9.90 Å². The molecule has 0 aromatic carbocycles. The summed E-state index contributed by atoms with van der Waals surface area (Å²) >= 11 is 1.39. The summed E-state index contributed by atoms with van der Waals surface area (Å²) < 4.78 is 0. The maximum Gasteiger partial charge on any atom is 0.260 e. The van der Waals surface area contributed by atoms with Crippen molar-refractivity contribution in [1.82, 2.24) is 0 Å². The first kappa shape index (κ1) is 13.7. The predicted octanol–water partition coefficient (Wildman–Crippen LogP) is 1.66. The molecule has 1 saturated carbocycles. The second-order valence-electron chi connectivity index (χ2n) is 6.22. The van der Waals surface area contributed by atoms with Gasteiger partial charge in [0.05, 0.1) is 16.3 Å². The number of nitrogens with two attached hydrogens (primary N) is 2. The molecule has 1 atom stereocenters. The monoisotopic (exact) mass is 295 g/mol. The van der Waals surface area contributed by atoms with Crippen LogP contribution in [-0.4, -0.2) is 29.7 Å². The largest absolute Gasteiger partial charge is 0.397 e. The fourth-order valence-corrected chi connectivity index (χ4v) is 4.21. The van der Waals surface area contributed by atoms with Gasteiger partial charge in [0.15, 0.2) is 0 Å². The van der Waals surface area contributed by atoms with Crippen LogP contribution in [0, 0.1) is 0 Å². The van der Waals surface area contributed by atoms with Crippen molar-refractivity contribution in [3.63, 3.8) is 0 Å². The minimum Gasteiger partial charge on any atom is -0.397 e. The standard InChI is InChI=1S/C14H21N3O2S/c1-14(19)5-2-6-17(7-14)13-9(8-3-4-8)10(15)11(20-13)12(16)18/h8,19H,2-7,15H2,1H3,(H2,16,18). The average molecular weight is 295 g/mol. The predicted molar refractivity (Wildman–Crippen MR) is 81.3 cm³/mol.